The molecule has 0 saturated carbocycles. The number of hydrogen-bond acceptors (Lipinski definition) is 5. The molecule has 0 unspecified atom stereocenters. The third-order valence-electron chi connectivity index (χ3n) is 2.85. The predicted octanol–water partition coefficient (Wildman–Crippen LogP) is 1.44. The zero-order valence-corrected chi connectivity index (χ0v) is 14.2. The maximum absolute atomic E-state index is 12.2. The highest BCUT2D eigenvalue weighted by atomic mass is 79.9. The van der Waals surface area contributed by atoms with Crippen molar-refractivity contribution in [2.75, 3.05) is 31.9 Å². The number of nitrogens with one attached hydrogen (secondary N) is 1. The van der Waals surface area contributed by atoms with Gasteiger partial charge in [-0.25, -0.2) is 18.1 Å². The molecule has 0 saturated heterocycles. The first-order valence-corrected chi connectivity index (χ1v) is 8.81. The van der Waals surface area contributed by atoms with Gasteiger partial charge in [-0.1, -0.05) is 13.8 Å². The van der Waals surface area contributed by atoms with Crippen LogP contribution < -0.4 is 10.5 Å². The maximum Gasteiger partial charge on any atom is 0.244 e. The Morgan fingerprint density at radius 3 is 2.70 bits per heavy atom. The van der Waals surface area contributed by atoms with Crippen molar-refractivity contribution in [2.45, 2.75) is 25.2 Å². The molecule has 6 nitrogen and oxygen atoms in total. The third kappa shape index (κ3) is 5.01. The topological polar surface area (TPSA) is 88.3 Å². The van der Waals surface area contributed by atoms with E-state index in [0.717, 1.165) is 19.5 Å². The standard InChI is InChI=1S/C12H21BrN4O2S/c1-3-6-17(4-2)7-5-16-20(18,19)11-8-10(13)9-15-12(11)14/h8-9,16H,3-7H2,1-2H3,(H2,14,15). The molecule has 0 bridgehead atoms. The molecule has 0 aliphatic carbocycles. The fourth-order valence-corrected chi connectivity index (χ4v) is 3.42. The Morgan fingerprint density at radius 2 is 2.10 bits per heavy atom. The first kappa shape index (κ1) is 17.4. The average Bonchev–Trinajstić information content (AvgIpc) is 2.40. The number of nitrogens with two attached hydrogens (primary N) is 1. The van der Waals surface area contributed by atoms with Gasteiger partial charge in [0.15, 0.2) is 0 Å². The van der Waals surface area contributed by atoms with Crippen LogP contribution in [0.2, 0.25) is 0 Å². The smallest absolute Gasteiger partial charge is 0.244 e. The predicted molar refractivity (Wildman–Crippen MR) is 83.9 cm³/mol. The molecule has 3 N–H and O–H groups in total. The second-order valence-corrected chi connectivity index (χ2v) is 7.02. The number of nitrogens with zero attached hydrogens (tertiary/aromatic N) is 2. The minimum atomic E-state index is -3.63. The summed E-state index contributed by atoms with van der Waals surface area (Å²) in [4.78, 5) is 6.03. The van der Waals surface area contributed by atoms with Gasteiger partial charge in [-0.2, -0.15) is 0 Å². The Hall–Kier alpha value is -0.700. The van der Waals surface area contributed by atoms with Gasteiger partial charge in [0.25, 0.3) is 0 Å². The van der Waals surface area contributed by atoms with E-state index in [1.165, 1.54) is 12.3 Å². The lowest BCUT2D eigenvalue weighted by Crippen LogP contribution is -2.35. The fraction of sp³-hybridized carbons (Fsp3) is 0.583. The van der Waals surface area contributed by atoms with Crippen molar-refractivity contribution >= 4 is 31.8 Å². The summed E-state index contributed by atoms with van der Waals surface area (Å²) in [6, 6.07) is 1.45. The van der Waals surface area contributed by atoms with E-state index in [1.54, 1.807) is 0 Å². The molecule has 0 fully saturated rings. The maximum atomic E-state index is 12.2. The Morgan fingerprint density at radius 1 is 1.40 bits per heavy atom. The molecule has 0 aliphatic rings. The van der Waals surface area contributed by atoms with Crippen LogP contribution in [-0.2, 0) is 10.0 Å². The van der Waals surface area contributed by atoms with Crippen LogP contribution in [0.3, 0.4) is 0 Å². The van der Waals surface area contributed by atoms with Crippen molar-refractivity contribution in [3.63, 3.8) is 0 Å². The van der Waals surface area contributed by atoms with Crippen LogP contribution in [-0.4, -0.2) is 44.5 Å². The highest BCUT2D eigenvalue weighted by Crippen LogP contribution is 2.20. The number of halogens is 1. The van der Waals surface area contributed by atoms with Crippen LogP contribution in [0.4, 0.5) is 5.82 Å². The van der Waals surface area contributed by atoms with Crippen LogP contribution in [0.15, 0.2) is 21.6 Å². The second-order valence-electron chi connectivity index (χ2n) is 4.37. The van der Waals surface area contributed by atoms with Gasteiger partial charge < -0.3 is 10.6 Å². The van der Waals surface area contributed by atoms with E-state index in [4.69, 9.17) is 5.73 Å². The quantitative estimate of drug-likeness (QED) is 0.728. The van der Waals surface area contributed by atoms with E-state index in [1.807, 2.05) is 0 Å². The number of likely N-dealkylation sites (N-methyl/N-ethyl adjacent to an activating group) is 1. The van der Waals surface area contributed by atoms with Crippen LogP contribution >= 0.6 is 15.9 Å². The molecule has 1 heterocycles. The molecule has 1 rings (SSSR count). The summed E-state index contributed by atoms with van der Waals surface area (Å²) in [7, 11) is -3.63. The van der Waals surface area contributed by atoms with E-state index in [9.17, 15) is 8.42 Å². The van der Waals surface area contributed by atoms with Crippen molar-refractivity contribution in [3.8, 4) is 0 Å². The summed E-state index contributed by atoms with van der Waals surface area (Å²) in [6.07, 6.45) is 2.51. The number of aromatic nitrogens is 1. The van der Waals surface area contributed by atoms with E-state index in [2.05, 4.69) is 44.4 Å². The second kappa shape index (κ2) is 7.92. The third-order valence-corrected chi connectivity index (χ3v) is 4.77. The fourth-order valence-electron chi connectivity index (χ4n) is 1.81. The van der Waals surface area contributed by atoms with E-state index in [-0.39, 0.29) is 10.7 Å². The lowest BCUT2D eigenvalue weighted by Gasteiger charge is -2.19. The first-order chi connectivity index (χ1) is 9.40. The SMILES string of the molecule is CCCN(CC)CCNS(=O)(=O)c1cc(Br)cnc1N. The minimum absolute atomic E-state index is 0.00149. The van der Waals surface area contributed by atoms with Gasteiger partial charge >= 0.3 is 0 Å². The van der Waals surface area contributed by atoms with Crippen LogP contribution in [0.1, 0.15) is 20.3 Å². The van der Waals surface area contributed by atoms with Gasteiger partial charge in [0.1, 0.15) is 10.7 Å². The molecule has 0 spiro atoms. The van der Waals surface area contributed by atoms with Gasteiger partial charge in [-0.05, 0) is 41.5 Å². The highest BCUT2D eigenvalue weighted by molar-refractivity contribution is 9.10. The molecule has 0 radical (unpaired) electrons. The number of sulfonamides is 1. The molecular formula is C12H21BrN4O2S. The van der Waals surface area contributed by atoms with Gasteiger partial charge in [0, 0.05) is 23.8 Å². The molecule has 0 atom stereocenters. The van der Waals surface area contributed by atoms with Crippen molar-refractivity contribution in [1.29, 1.82) is 0 Å². The Bertz CT molecular complexity index is 536. The number of rotatable bonds is 8. The molecule has 0 aliphatic heterocycles. The average molecular weight is 365 g/mol. The molecule has 1 aromatic heterocycles. The molecular weight excluding hydrogens is 344 g/mol. The van der Waals surface area contributed by atoms with E-state index < -0.39 is 10.0 Å². The number of hydrogen-bond donors (Lipinski definition) is 2. The van der Waals surface area contributed by atoms with Gasteiger partial charge in [0.05, 0.1) is 0 Å². The Balaban J connectivity index is 2.68. The van der Waals surface area contributed by atoms with Gasteiger partial charge in [0.2, 0.25) is 10.0 Å². The van der Waals surface area contributed by atoms with Crippen molar-refractivity contribution < 1.29 is 8.42 Å². The monoisotopic (exact) mass is 364 g/mol. The van der Waals surface area contributed by atoms with Crippen LogP contribution in [0.5, 0.6) is 0 Å². The van der Waals surface area contributed by atoms with Crippen molar-refractivity contribution in [2.24, 2.45) is 0 Å². The minimum Gasteiger partial charge on any atom is -0.383 e. The lowest BCUT2D eigenvalue weighted by molar-refractivity contribution is 0.293. The normalized spacial score (nSPS) is 12.0. The molecule has 0 amide bonds. The largest absolute Gasteiger partial charge is 0.383 e. The summed E-state index contributed by atoms with van der Waals surface area (Å²) in [6.45, 7) is 7.03. The van der Waals surface area contributed by atoms with Crippen LogP contribution in [0.25, 0.3) is 0 Å². The Labute approximate surface area is 128 Å². The van der Waals surface area contributed by atoms with Gasteiger partial charge in [-0.15, -0.1) is 0 Å². The summed E-state index contributed by atoms with van der Waals surface area (Å²) >= 11 is 3.19. The summed E-state index contributed by atoms with van der Waals surface area (Å²) in [5, 5.41) is 0. The Kier molecular flexibility index (Phi) is 6.87. The molecule has 0 aromatic carbocycles. The summed E-state index contributed by atoms with van der Waals surface area (Å²) in [5.41, 5.74) is 5.62. The first-order valence-electron chi connectivity index (χ1n) is 6.53. The zero-order valence-electron chi connectivity index (χ0n) is 11.8. The van der Waals surface area contributed by atoms with E-state index >= 15 is 0 Å². The number of nitrogen functional groups attached to an aromatic ring is 1. The van der Waals surface area contributed by atoms with E-state index in [0.29, 0.717) is 17.6 Å². The highest BCUT2D eigenvalue weighted by Gasteiger charge is 2.18. The molecule has 8 heteroatoms. The number of anilines is 1. The summed E-state index contributed by atoms with van der Waals surface area (Å²) in [5.74, 6) is 0.00149. The molecule has 1 aromatic rings. The zero-order chi connectivity index (χ0) is 15.2. The molecule has 20 heavy (non-hydrogen) atoms. The lowest BCUT2D eigenvalue weighted by atomic mass is 10.4. The van der Waals surface area contributed by atoms with Gasteiger partial charge in [-0.3, -0.25) is 0 Å². The molecule has 114 valence electrons. The van der Waals surface area contributed by atoms with Crippen LogP contribution in [0, 0.1) is 0 Å². The summed E-state index contributed by atoms with van der Waals surface area (Å²) < 4.78 is 27.5. The van der Waals surface area contributed by atoms with Crippen molar-refractivity contribution in [1.82, 2.24) is 14.6 Å². The number of pyridine rings is 1. The van der Waals surface area contributed by atoms with Crippen molar-refractivity contribution in [3.05, 3.63) is 16.7 Å².